The lowest BCUT2D eigenvalue weighted by Crippen LogP contribution is -2.03. The summed E-state index contributed by atoms with van der Waals surface area (Å²) in [6.45, 7) is 2.77. The maximum atomic E-state index is 13.6. The molecule has 0 saturated heterocycles. The fourth-order valence-electron chi connectivity index (χ4n) is 3.49. The highest BCUT2D eigenvalue weighted by molar-refractivity contribution is 8.00. The van der Waals surface area contributed by atoms with Crippen molar-refractivity contribution in [2.75, 3.05) is 6.26 Å². The zero-order chi connectivity index (χ0) is 22.7. The van der Waals surface area contributed by atoms with Crippen molar-refractivity contribution in [1.82, 2.24) is 14.5 Å². The van der Waals surface area contributed by atoms with E-state index in [1.54, 1.807) is 42.7 Å². The molecule has 8 heteroatoms. The number of rotatable bonds is 7. The minimum atomic E-state index is -3.40. The Morgan fingerprint density at radius 2 is 1.66 bits per heavy atom. The molecule has 0 fully saturated rings. The fraction of sp³-hybridized carbons (Fsp3) is 0.167. The van der Waals surface area contributed by atoms with E-state index in [0.29, 0.717) is 22.3 Å². The number of imidazole rings is 1. The van der Waals surface area contributed by atoms with E-state index >= 15 is 0 Å². The second kappa shape index (κ2) is 9.26. The summed E-state index contributed by atoms with van der Waals surface area (Å²) in [5.41, 5.74) is 3.32. The van der Waals surface area contributed by atoms with Crippen LogP contribution in [0.25, 0.3) is 22.5 Å². The molecule has 0 unspecified atom stereocenters. The standard InChI is InChI=1S/C24H22FN3O2S2/c1-3-16-28-23(18-12-14-26-15-13-18)22(17-8-10-19(25)11-9-17)27-24(28)31-20-6-4-5-7-21(20)32(2,29)30/h4-15H,3,16H2,1-2H3. The number of benzene rings is 2. The molecule has 0 atom stereocenters. The molecule has 0 aliphatic heterocycles. The quantitative estimate of drug-likeness (QED) is 0.348. The lowest BCUT2D eigenvalue weighted by atomic mass is 10.1. The molecule has 2 aromatic carbocycles. The van der Waals surface area contributed by atoms with Crippen LogP contribution in [0.4, 0.5) is 4.39 Å². The van der Waals surface area contributed by atoms with E-state index in [2.05, 4.69) is 16.5 Å². The second-order valence-electron chi connectivity index (χ2n) is 7.31. The Labute approximate surface area is 191 Å². The van der Waals surface area contributed by atoms with E-state index in [1.165, 1.54) is 30.2 Å². The largest absolute Gasteiger partial charge is 0.318 e. The van der Waals surface area contributed by atoms with Gasteiger partial charge in [0, 0.05) is 41.2 Å². The second-order valence-corrected chi connectivity index (χ2v) is 10.3. The Hall–Kier alpha value is -2.97. The summed E-state index contributed by atoms with van der Waals surface area (Å²) in [5, 5.41) is 0.675. The molecule has 2 aromatic heterocycles. The van der Waals surface area contributed by atoms with Gasteiger partial charge in [-0.3, -0.25) is 4.98 Å². The lowest BCUT2D eigenvalue weighted by molar-refractivity contribution is 0.599. The highest BCUT2D eigenvalue weighted by Gasteiger charge is 2.22. The van der Waals surface area contributed by atoms with Gasteiger partial charge in [-0.1, -0.05) is 30.8 Å². The van der Waals surface area contributed by atoms with Gasteiger partial charge < -0.3 is 4.57 Å². The van der Waals surface area contributed by atoms with E-state index in [1.807, 2.05) is 18.2 Å². The predicted octanol–water partition coefficient (Wildman–Crippen LogP) is 5.72. The first-order valence-electron chi connectivity index (χ1n) is 10.1. The van der Waals surface area contributed by atoms with Crippen molar-refractivity contribution < 1.29 is 12.8 Å². The maximum absolute atomic E-state index is 13.6. The van der Waals surface area contributed by atoms with Gasteiger partial charge in [-0.05, 0) is 55.0 Å². The summed E-state index contributed by atoms with van der Waals surface area (Å²) < 4.78 is 40.3. The lowest BCUT2D eigenvalue weighted by Gasteiger charge is -2.13. The third-order valence-corrected chi connectivity index (χ3v) is 7.26. The molecule has 2 heterocycles. The number of hydrogen-bond acceptors (Lipinski definition) is 5. The number of hydrogen-bond donors (Lipinski definition) is 0. The van der Waals surface area contributed by atoms with Crippen molar-refractivity contribution in [2.24, 2.45) is 0 Å². The monoisotopic (exact) mass is 467 g/mol. The summed E-state index contributed by atoms with van der Waals surface area (Å²) in [6.07, 6.45) is 5.51. The predicted molar refractivity (Wildman–Crippen MR) is 125 cm³/mol. The highest BCUT2D eigenvalue weighted by atomic mass is 32.2. The SMILES string of the molecule is CCCn1c(Sc2ccccc2S(C)(=O)=O)nc(-c2ccc(F)cc2)c1-c1ccncc1. The number of nitrogens with zero attached hydrogens (tertiary/aromatic N) is 3. The van der Waals surface area contributed by atoms with E-state index in [4.69, 9.17) is 4.98 Å². The minimum absolute atomic E-state index is 0.268. The van der Waals surface area contributed by atoms with Gasteiger partial charge in [-0.25, -0.2) is 17.8 Å². The summed E-state index contributed by atoms with van der Waals surface area (Å²) in [4.78, 5) is 9.92. The van der Waals surface area contributed by atoms with Crippen LogP contribution in [0.2, 0.25) is 0 Å². The van der Waals surface area contributed by atoms with E-state index < -0.39 is 9.84 Å². The molecule has 0 amide bonds. The summed E-state index contributed by atoms with van der Waals surface area (Å²) >= 11 is 1.32. The van der Waals surface area contributed by atoms with Crippen LogP contribution in [-0.2, 0) is 16.4 Å². The molecular weight excluding hydrogens is 445 g/mol. The van der Waals surface area contributed by atoms with Crippen molar-refractivity contribution in [3.8, 4) is 22.5 Å². The van der Waals surface area contributed by atoms with Crippen LogP contribution >= 0.6 is 11.8 Å². The minimum Gasteiger partial charge on any atom is -0.318 e. The zero-order valence-corrected chi connectivity index (χ0v) is 19.3. The van der Waals surface area contributed by atoms with Gasteiger partial charge in [0.2, 0.25) is 0 Å². The van der Waals surface area contributed by atoms with Gasteiger partial charge in [-0.15, -0.1) is 0 Å². The fourth-order valence-corrected chi connectivity index (χ4v) is 5.77. The third-order valence-electron chi connectivity index (χ3n) is 4.90. The van der Waals surface area contributed by atoms with Crippen molar-refractivity contribution in [1.29, 1.82) is 0 Å². The van der Waals surface area contributed by atoms with Crippen molar-refractivity contribution in [3.63, 3.8) is 0 Å². The topological polar surface area (TPSA) is 64.8 Å². The van der Waals surface area contributed by atoms with Crippen molar-refractivity contribution in [3.05, 3.63) is 78.9 Å². The average Bonchev–Trinajstić information content (AvgIpc) is 3.12. The van der Waals surface area contributed by atoms with Crippen LogP contribution < -0.4 is 0 Å². The number of halogens is 1. The van der Waals surface area contributed by atoms with Crippen molar-refractivity contribution >= 4 is 21.6 Å². The summed E-state index contributed by atoms with van der Waals surface area (Å²) in [7, 11) is -3.40. The normalized spacial score (nSPS) is 11.6. The number of sulfone groups is 1. The molecule has 5 nitrogen and oxygen atoms in total. The first-order chi connectivity index (χ1) is 15.4. The molecule has 4 rings (SSSR count). The van der Waals surface area contributed by atoms with E-state index in [0.717, 1.165) is 23.2 Å². The molecule has 0 aliphatic carbocycles. The Kier molecular flexibility index (Phi) is 6.43. The molecular formula is C24H22FN3O2S2. The van der Waals surface area contributed by atoms with Crippen molar-refractivity contribution in [2.45, 2.75) is 34.8 Å². The molecule has 0 radical (unpaired) electrons. The van der Waals surface area contributed by atoms with Gasteiger partial charge in [0.1, 0.15) is 5.82 Å². The Morgan fingerprint density at radius 1 is 0.969 bits per heavy atom. The zero-order valence-electron chi connectivity index (χ0n) is 17.7. The average molecular weight is 468 g/mol. The van der Waals surface area contributed by atoms with Crippen LogP contribution in [0.5, 0.6) is 0 Å². The number of pyridine rings is 1. The Balaban J connectivity index is 1.93. The smallest absolute Gasteiger partial charge is 0.176 e. The van der Waals surface area contributed by atoms with Gasteiger partial charge in [0.25, 0.3) is 0 Å². The van der Waals surface area contributed by atoms with Crippen LogP contribution in [0.3, 0.4) is 0 Å². The van der Waals surface area contributed by atoms with Gasteiger partial charge in [0.05, 0.1) is 16.3 Å². The molecule has 4 aromatic rings. The maximum Gasteiger partial charge on any atom is 0.176 e. The highest BCUT2D eigenvalue weighted by Crippen LogP contribution is 2.39. The van der Waals surface area contributed by atoms with Crippen LogP contribution in [-0.4, -0.2) is 29.2 Å². The summed E-state index contributed by atoms with van der Waals surface area (Å²) in [6, 6.07) is 17.0. The Bertz CT molecular complexity index is 1340. The Morgan fingerprint density at radius 3 is 2.31 bits per heavy atom. The molecule has 0 saturated carbocycles. The van der Waals surface area contributed by atoms with E-state index in [-0.39, 0.29) is 10.7 Å². The molecule has 0 spiro atoms. The first kappa shape index (κ1) is 22.2. The van der Waals surface area contributed by atoms with Gasteiger partial charge >= 0.3 is 0 Å². The van der Waals surface area contributed by atoms with Gasteiger partial charge in [0.15, 0.2) is 15.0 Å². The van der Waals surface area contributed by atoms with Crippen LogP contribution in [0, 0.1) is 5.82 Å². The van der Waals surface area contributed by atoms with Crippen LogP contribution in [0.15, 0.2) is 88.0 Å². The first-order valence-corrected chi connectivity index (χ1v) is 12.8. The van der Waals surface area contributed by atoms with E-state index in [9.17, 15) is 12.8 Å². The molecule has 0 aliphatic rings. The summed E-state index contributed by atoms with van der Waals surface area (Å²) in [5.74, 6) is -0.316. The van der Waals surface area contributed by atoms with Crippen LogP contribution in [0.1, 0.15) is 13.3 Å². The van der Waals surface area contributed by atoms with Gasteiger partial charge in [-0.2, -0.15) is 0 Å². The number of aromatic nitrogens is 3. The third kappa shape index (κ3) is 4.61. The molecule has 0 N–H and O–H groups in total. The molecule has 164 valence electrons. The molecule has 32 heavy (non-hydrogen) atoms. The molecule has 0 bridgehead atoms.